The summed E-state index contributed by atoms with van der Waals surface area (Å²) in [7, 11) is 0. The van der Waals surface area contributed by atoms with Crippen LogP contribution in [0.1, 0.15) is 63.3 Å². The van der Waals surface area contributed by atoms with Gasteiger partial charge in [-0.25, -0.2) is 4.98 Å². The Morgan fingerprint density at radius 2 is 1.57 bits per heavy atom. The molecule has 0 spiro atoms. The first-order valence-electron chi connectivity index (χ1n) is 10.6. The number of anilines is 3. The molecule has 152 valence electrons. The van der Waals surface area contributed by atoms with Crippen molar-refractivity contribution >= 4 is 17.5 Å². The summed E-state index contributed by atoms with van der Waals surface area (Å²) in [4.78, 5) is 14.4. The van der Waals surface area contributed by atoms with Crippen LogP contribution in [0, 0.1) is 6.92 Å². The first kappa shape index (κ1) is 20.6. The van der Waals surface area contributed by atoms with Crippen LogP contribution in [0.25, 0.3) is 0 Å². The topological polar surface area (TPSA) is 44.3 Å². The van der Waals surface area contributed by atoms with Crippen LogP contribution >= 0.6 is 0 Å². The molecule has 1 aliphatic heterocycles. The van der Waals surface area contributed by atoms with Crippen LogP contribution in [0.5, 0.6) is 0 Å². The fourth-order valence-corrected chi connectivity index (χ4v) is 3.85. The largest absolute Gasteiger partial charge is 0.340 e. The molecule has 3 rings (SSSR count). The minimum atomic E-state index is 0.450. The SMILES string of the molecule is CCN1CCN(c2nc(C)cc(Nc3c(C(C)C)cccc3C(C)C)n2)CC1. The average Bonchev–Trinajstić information content (AvgIpc) is 2.67. The van der Waals surface area contributed by atoms with Crippen molar-refractivity contribution in [2.45, 2.75) is 53.4 Å². The summed E-state index contributed by atoms with van der Waals surface area (Å²) in [6, 6.07) is 8.66. The zero-order valence-corrected chi connectivity index (χ0v) is 18.3. The summed E-state index contributed by atoms with van der Waals surface area (Å²) in [6.45, 7) is 18.5. The van der Waals surface area contributed by atoms with E-state index in [4.69, 9.17) is 9.97 Å². The molecule has 0 radical (unpaired) electrons. The highest BCUT2D eigenvalue weighted by Crippen LogP contribution is 2.34. The summed E-state index contributed by atoms with van der Waals surface area (Å²) >= 11 is 0. The van der Waals surface area contributed by atoms with Gasteiger partial charge in [-0.1, -0.05) is 52.8 Å². The molecule has 0 amide bonds. The lowest BCUT2D eigenvalue weighted by Crippen LogP contribution is -2.46. The van der Waals surface area contributed by atoms with Crippen LogP contribution in [-0.4, -0.2) is 47.6 Å². The van der Waals surface area contributed by atoms with Gasteiger partial charge in [-0.15, -0.1) is 0 Å². The minimum absolute atomic E-state index is 0.450. The number of hydrogen-bond donors (Lipinski definition) is 1. The number of likely N-dealkylation sites (N-methyl/N-ethyl adjacent to an activating group) is 1. The second-order valence-electron chi connectivity index (χ2n) is 8.36. The van der Waals surface area contributed by atoms with Crippen LogP contribution in [0.4, 0.5) is 17.5 Å². The van der Waals surface area contributed by atoms with Gasteiger partial charge in [0.05, 0.1) is 0 Å². The third-order valence-corrected chi connectivity index (χ3v) is 5.57. The Hall–Kier alpha value is -2.14. The lowest BCUT2D eigenvalue weighted by Gasteiger charge is -2.34. The van der Waals surface area contributed by atoms with Crippen molar-refractivity contribution in [1.29, 1.82) is 0 Å². The highest BCUT2D eigenvalue weighted by molar-refractivity contribution is 5.67. The monoisotopic (exact) mass is 381 g/mol. The number of benzene rings is 1. The molecule has 1 aliphatic rings. The molecule has 0 bridgehead atoms. The Morgan fingerprint density at radius 1 is 0.964 bits per heavy atom. The van der Waals surface area contributed by atoms with E-state index in [9.17, 15) is 0 Å². The maximum atomic E-state index is 4.89. The smallest absolute Gasteiger partial charge is 0.227 e. The first-order chi connectivity index (χ1) is 13.4. The van der Waals surface area contributed by atoms with E-state index in [1.807, 2.05) is 6.07 Å². The quantitative estimate of drug-likeness (QED) is 0.769. The van der Waals surface area contributed by atoms with Crippen molar-refractivity contribution < 1.29 is 0 Å². The molecule has 5 nitrogen and oxygen atoms in total. The molecule has 1 saturated heterocycles. The Morgan fingerprint density at radius 3 is 2.11 bits per heavy atom. The second kappa shape index (κ2) is 8.91. The number of rotatable bonds is 6. The maximum absolute atomic E-state index is 4.89. The Bertz CT molecular complexity index is 765. The molecule has 1 aromatic heterocycles. The molecule has 5 heteroatoms. The second-order valence-corrected chi connectivity index (χ2v) is 8.36. The summed E-state index contributed by atoms with van der Waals surface area (Å²) in [5, 5.41) is 3.66. The van der Waals surface area contributed by atoms with Gasteiger partial charge in [0.1, 0.15) is 5.82 Å². The normalized spacial score (nSPS) is 15.5. The summed E-state index contributed by atoms with van der Waals surface area (Å²) in [5.41, 5.74) is 4.87. The van der Waals surface area contributed by atoms with Gasteiger partial charge < -0.3 is 15.1 Å². The van der Waals surface area contributed by atoms with Crippen LogP contribution in [-0.2, 0) is 0 Å². The molecule has 1 N–H and O–H groups in total. The maximum Gasteiger partial charge on any atom is 0.227 e. The molecular formula is C23H35N5. The van der Waals surface area contributed by atoms with Crippen molar-refractivity contribution in [2.24, 2.45) is 0 Å². The summed E-state index contributed by atoms with van der Waals surface area (Å²) in [6.07, 6.45) is 0. The van der Waals surface area contributed by atoms with E-state index in [1.54, 1.807) is 0 Å². The minimum Gasteiger partial charge on any atom is -0.340 e. The first-order valence-corrected chi connectivity index (χ1v) is 10.6. The van der Waals surface area contributed by atoms with Crippen molar-refractivity contribution in [1.82, 2.24) is 14.9 Å². The Balaban J connectivity index is 1.91. The molecule has 0 saturated carbocycles. The van der Waals surface area contributed by atoms with Crippen molar-refractivity contribution in [3.8, 4) is 0 Å². The standard InChI is InChI=1S/C23H35N5/c1-7-27-11-13-28(14-12-27)23-24-18(6)15-21(26-23)25-22-19(16(2)3)9-8-10-20(22)17(4)5/h8-10,15-17H,7,11-14H2,1-6H3,(H,24,25,26). The van der Waals surface area contributed by atoms with Gasteiger partial charge in [-0.05, 0) is 36.4 Å². The number of aromatic nitrogens is 2. The molecule has 1 aromatic carbocycles. The van der Waals surface area contributed by atoms with E-state index in [2.05, 4.69) is 74.9 Å². The summed E-state index contributed by atoms with van der Waals surface area (Å²) in [5.74, 6) is 2.62. The van der Waals surface area contributed by atoms with Gasteiger partial charge in [0, 0.05) is 43.6 Å². The number of aryl methyl sites for hydroxylation is 1. The van der Waals surface area contributed by atoms with Crippen LogP contribution in [0.3, 0.4) is 0 Å². The van der Waals surface area contributed by atoms with E-state index >= 15 is 0 Å². The van der Waals surface area contributed by atoms with E-state index in [-0.39, 0.29) is 0 Å². The van der Waals surface area contributed by atoms with Gasteiger partial charge in [-0.3, -0.25) is 0 Å². The molecule has 2 heterocycles. The third-order valence-electron chi connectivity index (χ3n) is 5.57. The van der Waals surface area contributed by atoms with E-state index in [1.165, 1.54) is 16.8 Å². The molecule has 0 unspecified atom stereocenters. The number of nitrogens with one attached hydrogen (secondary N) is 1. The number of piperazine rings is 1. The molecular weight excluding hydrogens is 346 g/mol. The van der Waals surface area contributed by atoms with Crippen LogP contribution in [0.15, 0.2) is 24.3 Å². The Labute approximate surface area is 170 Å². The van der Waals surface area contributed by atoms with Gasteiger partial charge in [0.2, 0.25) is 5.95 Å². The predicted molar refractivity (Wildman–Crippen MR) is 119 cm³/mol. The van der Waals surface area contributed by atoms with Gasteiger partial charge >= 0.3 is 0 Å². The Kier molecular flexibility index (Phi) is 6.55. The van der Waals surface area contributed by atoms with Gasteiger partial charge in [0.25, 0.3) is 0 Å². The number of para-hydroxylation sites is 1. The van der Waals surface area contributed by atoms with Gasteiger partial charge in [0.15, 0.2) is 0 Å². The molecule has 1 fully saturated rings. The highest BCUT2D eigenvalue weighted by Gasteiger charge is 2.20. The zero-order chi connectivity index (χ0) is 20.3. The average molecular weight is 382 g/mol. The van der Waals surface area contributed by atoms with Crippen LogP contribution < -0.4 is 10.2 Å². The van der Waals surface area contributed by atoms with Crippen molar-refractivity contribution in [3.63, 3.8) is 0 Å². The lowest BCUT2D eigenvalue weighted by molar-refractivity contribution is 0.270. The molecule has 0 atom stereocenters. The van der Waals surface area contributed by atoms with Crippen molar-refractivity contribution in [2.75, 3.05) is 42.9 Å². The van der Waals surface area contributed by atoms with Gasteiger partial charge in [-0.2, -0.15) is 4.98 Å². The van der Waals surface area contributed by atoms with E-state index in [0.717, 1.165) is 50.2 Å². The fourth-order valence-electron chi connectivity index (χ4n) is 3.85. The van der Waals surface area contributed by atoms with Crippen LogP contribution in [0.2, 0.25) is 0 Å². The predicted octanol–water partition coefficient (Wildman–Crippen LogP) is 4.92. The number of hydrogen-bond acceptors (Lipinski definition) is 5. The molecule has 0 aliphatic carbocycles. The number of nitrogens with zero attached hydrogens (tertiary/aromatic N) is 4. The van der Waals surface area contributed by atoms with Crippen molar-refractivity contribution in [3.05, 3.63) is 41.1 Å². The van der Waals surface area contributed by atoms with E-state index < -0.39 is 0 Å². The summed E-state index contributed by atoms with van der Waals surface area (Å²) < 4.78 is 0. The molecule has 2 aromatic rings. The third kappa shape index (κ3) is 4.64. The molecule has 28 heavy (non-hydrogen) atoms. The van der Waals surface area contributed by atoms with E-state index in [0.29, 0.717) is 11.8 Å². The highest BCUT2D eigenvalue weighted by atomic mass is 15.3. The zero-order valence-electron chi connectivity index (χ0n) is 18.3. The fraction of sp³-hybridized carbons (Fsp3) is 0.565. The lowest BCUT2D eigenvalue weighted by atomic mass is 9.92.